The Labute approximate surface area is 71.4 Å². The van der Waals surface area contributed by atoms with E-state index in [1.165, 1.54) is 0 Å². The van der Waals surface area contributed by atoms with Gasteiger partial charge in [0.15, 0.2) is 4.98 Å². The second-order valence-electron chi connectivity index (χ2n) is 2.26. The lowest BCUT2D eigenvalue weighted by Crippen LogP contribution is -1.84. The minimum Gasteiger partial charge on any atom is -0.232 e. The molecule has 0 bridgehead atoms. The van der Waals surface area contributed by atoms with Gasteiger partial charge in [0.05, 0.1) is 5.75 Å². The summed E-state index contributed by atoms with van der Waals surface area (Å²) >= 11 is 0. The van der Waals surface area contributed by atoms with E-state index in [0.29, 0.717) is 11.3 Å². The average Bonchev–Trinajstić information content (AvgIpc) is 2.05. The molecular formula is C7H7N2O2S+. The first-order valence-corrected chi connectivity index (χ1v) is 4.64. The predicted octanol–water partition coefficient (Wildman–Crippen LogP) is 1.28. The van der Waals surface area contributed by atoms with Gasteiger partial charge >= 0.3 is 5.69 Å². The molecule has 0 atom stereocenters. The highest BCUT2D eigenvalue weighted by Crippen LogP contribution is 2.12. The normalized spacial score (nSPS) is 9.67. The van der Waals surface area contributed by atoms with Crippen LogP contribution in [0.2, 0.25) is 0 Å². The van der Waals surface area contributed by atoms with E-state index >= 15 is 0 Å². The lowest BCUT2D eigenvalue weighted by atomic mass is 10.2. The monoisotopic (exact) mass is 183 g/mol. The molecule has 62 valence electrons. The van der Waals surface area contributed by atoms with Crippen LogP contribution in [0.1, 0.15) is 5.56 Å². The van der Waals surface area contributed by atoms with Crippen molar-refractivity contribution in [2.24, 2.45) is 0 Å². The van der Waals surface area contributed by atoms with Crippen LogP contribution in [0, 0.1) is 5.39 Å². The van der Waals surface area contributed by atoms with Crippen LogP contribution in [0.4, 0.5) is 5.69 Å². The van der Waals surface area contributed by atoms with Crippen LogP contribution in [-0.4, -0.2) is 8.42 Å². The van der Waals surface area contributed by atoms with Crippen molar-refractivity contribution in [1.29, 1.82) is 5.39 Å². The van der Waals surface area contributed by atoms with Gasteiger partial charge < -0.3 is 0 Å². The molecule has 0 aliphatic carbocycles. The number of nitrogens with zero attached hydrogens (tertiary/aromatic N) is 2. The Bertz CT molecular complexity index is 367. The van der Waals surface area contributed by atoms with Crippen LogP contribution in [0.5, 0.6) is 0 Å². The quantitative estimate of drug-likeness (QED) is 0.555. The van der Waals surface area contributed by atoms with E-state index in [-0.39, 0.29) is 5.75 Å². The topological polar surface area (TPSA) is 62.3 Å². The van der Waals surface area contributed by atoms with E-state index in [1.807, 2.05) is 0 Å². The van der Waals surface area contributed by atoms with Crippen LogP contribution in [0.25, 0.3) is 4.98 Å². The summed E-state index contributed by atoms with van der Waals surface area (Å²) < 4.78 is 20.6. The Hall–Kier alpha value is -1.41. The Balaban J connectivity index is 2.86. The van der Waals surface area contributed by atoms with Crippen LogP contribution in [0.3, 0.4) is 0 Å². The summed E-state index contributed by atoms with van der Waals surface area (Å²) in [6.45, 7) is 0. The third-order valence-corrected chi connectivity index (χ3v) is 1.99. The molecule has 12 heavy (non-hydrogen) atoms. The Morgan fingerprint density at radius 3 is 2.25 bits per heavy atom. The largest absolute Gasteiger partial charge is 0.385 e. The first-order chi connectivity index (χ1) is 5.72. The van der Waals surface area contributed by atoms with Gasteiger partial charge in [-0.05, 0) is 17.7 Å². The van der Waals surface area contributed by atoms with Gasteiger partial charge in [-0.3, -0.25) is 0 Å². The van der Waals surface area contributed by atoms with E-state index in [9.17, 15) is 8.42 Å². The molecule has 5 heteroatoms. The molecule has 1 aromatic carbocycles. The smallest absolute Gasteiger partial charge is 0.232 e. The molecule has 0 aliphatic rings. The maximum absolute atomic E-state index is 10.3. The number of benzene rings is 1. The molecule has 0 amide bonds. The van der Waals surface area contributed by atoms with Gasteiger partial charge in [-0.25, -0.2) is 8.42 Å². The van der Waals surface area contributed by atoms with Crippen molar-refractivity contribution < 1.29 is 8.42 Å². The zero-order valence-electron chi connectivity index (χ0n) is 6.17. The molecular weight excluding hydrogens is 176 g/mol. The molecule has 1 rings (SSSR count). The molecule has 0 radical (unpaired) electrons. The predicted molar refractivity (Wildman–Crippen MR) is 45.2 cm³/mol. The number of rotatable bonds is 2. The molecule has 0 aliphatic heterocycles. The van der Waals surface area contributed by atoms with Gasteiger partial charge in [0.2, 0.25) is 5.39 Å². The van der Waals surface area contributed by atoms with Gasteiger partial charge in [0.25, 0.3) is 0 Å². The SMILES string of the molecule is N#[N+]c1ccc(C[SH](=O)=O)cc1. The van der Waals surface area contributed by atoms with E-state index in [2.05, 4.69) is 4.98 Å². The Kier molecular flexibility index (Phi) is 2.77. The third kappa shape index (κ3) is 2.32. The van der Waals surface area contributed by atoms with E-state index in [1.54, 1.807) is 24.3 Å². The molecule has 4 nitrogen and oxygen atoms in total. The van der Waals surface area contributed by atoms with E-state index in [4.69, 9.17) is 5.39 Å². The lowest BCUT2D eigenvalue weighted by Gasteiger charge is -1.89. The van der Waals surface area contributed by atoms with Gasteiger partial charge in [0, 0.05) is 12.1 Å². The summed E-state index contributed by atoms with van der Waals surface area (Å²) in [5.74, 6) is 0.0288. The van der Waals surface area contributed by atoms with Gasteiger partial charge in [-0.15, -0.1) is 0 Å². The minimum absolute atomic E-state index is 0.0288. The summed E-state index contributed by atoms with van der Waals surface area (Å²) in [7, 11) is -2.38. The van der Waals surface area contributed by atoms with Gasteiger partial charge in [-0.2, -0.15) is 0 Å². The highest BCUT2D eigenvalue weighted by atomic mass is 32.2. The summed E-state index contributed by atoms with van der Waals surface area (Å²) in [5.41, 5.74) is 1.11. The molecule has 0 N–H and O–H groups in total. The maximum atomic E-state index is 10.3. The lowest BCUT2D eigenvalue weighted by molar-refractivity contribution is 0.614. The van der Waals surface area contributed by atoms with Crippen molar-refractivity contribution in [1.82, 2.24) is 0 Å². The second kappa shape index (κ2) is 3.83. The second-order valence-corrected chi connectivity index (χ2v) is 3.24. The standard InChI is InChI=1S/C7H7N2O2S/c8-9-7-3-1-6(2-4-7)5-12(10)11/h1-4,12H,5H2/q+1. The van der Waals surface area contributed by atoms with E-state index < -0.39 is 10.7 Å². The summed E-state index contributed by atoms with van der Waals surface area (Å²) in [6.07, 6.45) is 0. The van der Waals surface area contributed by atoms with Crippen molar-refractivity contribution in [2.45, 2.75) is 5.75 Å². The van der Waals surface area contributed by atoms with E-state index in [0.717, 1.165) is 0 Å². The molecule has 0 unspecified atom stereocenters. The zero-order chi connectivity index (χ0) is 8.97. The first-order valence-electron chi connectivity index (χ1n) is 3.28. The van der Waals surface area contributed by atoms with Crippen molar-refractivity contribution in [3.63, 3.8) is 0 Å². The van der Waals surface area contributed by atoms with Crippen LogP contribution in [0.15, 0.2) is 24.3 Å². The maximum Gasteiger partial charge on any atom is 0.385 e. The molecule has 1 aromatic rings. The van der Waals surface area contributed by atoms with Crippen molar-refractivity contribution >= 4 is 16.4 Å². The first kappa shape index (κ1) is 8.68. The van der Waals surface area contributed by atoms with Crippen molar-refractivity contribution in [3.05, 3.63) is 34.8 Å². The van der Waals surface area contributed by atoms with Crippen LogP contribution < -0.4 is 0 Å². The zero-order valence-corrected chi connectivity index (χ0v) is 7.07. The third-order valence-electron chi connectivity index (χ3n) is 1.36. The fourth-order valence-corrected chi connectivity index (χ4v) is 1.33. The molecule has 0 fully saturated rings. The van der Waals surface area contributed by atoms with Crippen molar-refractivity contribution in [3.8, 4) is 0 Å². The number of thiol groups is 1. The van der Waals surface area contributed by atoms with Gasteiger partial charge in [0.1, 0.15) is 10.7 Å². The van der Waals surface area contributed by atoms with Crippen LogP contribution >= 0.6 is 0 Å². The fourth-order valence-electron chi connectivity index (χ4n) is 0.817. The molecule has 0 saturated carbocycles. The fraction of sp³-hybridized carbons (Fsp3) is 0.143. The highest BCUT2D eigenvalue weighted by Gasteiger charge is 2.02. The minimum atomic E-state index is -2.38. The van der Waals surface area contributed by atoms with Crippen LogP contribution in [-0.2, 0) is 16.5 Å². The van der Waals surface area contributed by atoms with Gasteiger partial charge in [-0.1, -0.05) is 0 Å². The number of diazo groups is 1. The Morgan fingerprint density at radius 1 is 1.25 bits per heavy atom. The molecule has 0 heterocycles. The number of hydrogen-bond acceptors (Lipinski definition) is 3. The molecule has 0 saturated heterocycles. The Morgan fingerprint density at radius 2 is 1.83 bits per heavy atom. The summed E-state index contributed by atoms with van der Waals surface area (Å²) in [6, 6.07) is 6.32. The average molecular weight is 183 g/mol. The highest BCUT2D eigenvalue weighted by molar-refractivity contribution is 7.71. The summed E-state index contributed by atoms with van der Waals surface area (Å²) in [4.78, 5) is 2.94. The molecule has 0 aromatic heterocycles. The molecule has 0 spiro atoms. The number of hydrogen-bond donors (Lipinski definition) is 1. The van der Waals surface area contributed by atoms with Crippen molar-refractivity contribution in [2.75, 3.05) is 0 Å². The summed E-state index contributed by atoms with van der Waals surface area (Å²) in [5, 5.41) is 8.32.